The molecule has 0 aliphatic carbocycles. The Bertz CT molecular complexity index is 506. The van der Waals surface area contributed by atoms with E-state index in [0.29, 0.717) is 0 Å². The van der Waals surface area contributed by atoms with Crippen LogP contribution < -0.4 is 5.73 Å². The molecular formula is C15H21N3. The Morgan fingerprint density at radius 1 is 1.11 bits per heavy atom. The molecule has 1 aromatic carbocycles. The van der Waals surface area contributed by atoms with Crippen LogP contribution in [0.5, 0.6) is 0 Å². The minimum absolute atomic E-state index is 0.0118. The molecule has 18 heavy (non-hydrogen) atoms. The molecule has 0 aliphatic rings. The van der Waals surface area contributed by atoms with Crippen LogP contribution in [0.25, 0.3) is 0 Å². The third-order valence-electron chi connectivity index (χ3n) is 3.10. The van der Waals surface area contributed by atoms with Gasteiger partial charge < -0.3 is 10.3 Å². The molecule has 96 valence electrons. The first kappa shape index (κ1) is 12.7. The predicted molar refractivity (Wildman–Crippen MR) is 75.5 cm³/mol. The predicted octanol–water partition coefficient (Wildman–Crippen LogP) is 3.01. The molecule has 3 heteroatoms. The van der Waals surface area contributed by atoms with Gasteiger partial charge in [-0.15, -0.1) is 0 Å². The van der Waals surface area contributed by atoms with Crippen molar-refractivity contribution in [3.63, 3.8) is 0 Å². The number of anilines is 1. The van der Waals surface area contributed by atoms with Gasteiger partial charge >= 0.3 is 0 Å². The molecule has 0 saturated heterocycles. The Labute approximate surface area is 109 Å². The molecule has 0 spiro atoms. The highest BCUT2D eigenvalue weighted by atomic mass is 15.2. The van der Waals surface area contributed by atoms with E-state index >= 15 is 0 Å². The first-order valence-electron chi connectivity index (χ1n) is 6.34. The fourth-order valence-electron chi connectivity index (χ4n) is 2.03. The van der Waals surface area contributed by atoms with Gasteiger partial charge in [0.05, 0.1) is 12.0 Å². The van der Waals surface area contributed by atoms with Crippen LogP contribution >= 0.6 is 0 Å². The third-order valence-corrected chi connectivity index (χ3v) is 3.10. The number of nitrogens with two attached hydrogens (primary N) is 1. The second-order valence-electron chi connectivity index (χ2n) is 5.60. The number of aromatic nitrogens is 2. The maximum Gasteiger partial charge on any atom is 0.127 e. The summed E-state index contributed by atoms with van der Waals surface area (Å²) in [6, 6.07) is 10.4. The monoisotopic (exact) mass is 243 g/mol. The largest absolute Gasteiger partial charge is 0.384 e. The molecule has 1 heterocycles. The Morgan fingerprint density at radius 3 is 2.33 bits per heavy atom. The van der Waals surface area contributed by atoms with Crippen molar-refractivity contribution < 1.29 is 0 Å². The smallest absolute Gasteiger partial charge is 0.127 e. The minimum Gasteiger partial charge on any atom is -0.384 e. The molecule has 1 aromatic heterocycles. The van der Waals surface area contributed by atoms with Gasteiger partial charge in [0.2, 0.25) is 0 Å². The zero-order valence-corrected chi connectivity index (χ0v) is 11.4. The van der Waals surface area contributed by atoms with E-state index in [0.717, 1.165) is 24.4 Å². The van der Waals surface area contributed by atoms with Crippen molar-refractivity contribution in [2.45, 2.75) is 39.2 Å². The van der Waals surface area contributed by atoms with E-state index in [1.165, 1.54) is 5.56 Å². The normalized spacial score (nSPS) is 11.7. The van der Waals surface area contributed by atoms with E-state index in [2.05, 4.69) is 50.0 Å². The van der Waals surface area contributed by atoms with E-state index < -0.39 is 0 Å². The molecule has 2 N–H and O–H groups in total. The van der Waals surface area contributed by atoms with Crippen molar-refractivity contribution in [3.8, 4) is 0 Å². The van der Waals surface area contributed by atoms with Crippen molar-refractivity contribution in [2.24, 2.45) is 0 Å². The van der Waals surface area contributed by atoms with Crippen molar-refractivity contribution in [3.05, 3.63) is 47.9 Å². The Morgan fingerprint density at radius 2 is 1.78 bits per heavy atom. The van der Waals surface area contributed by atoms with Gasteiger partial charge in [0.25, 0.3) is 0 Å². The van der Waals surface area contributed by atoms with Crippen LogP contribution in [0.3, 0.4) is 0 Å². The lowest BCUT2D eigenvalue weighted by Crippen LogP contribution is -2.22. The van der Waals surface area contributed by atoms with Gasteiger partial charge in [0.1, 0.15) is 5.82 Å². The molecule has 0 fully saturated rings. The molecule has 0 saturated carbocycles. The van der Waals surface area contributed by atoms with Crippen LogP contribution in [0.2, 0.25) is 0 Å². The minimum atomic E-state index is -0.0118. The van der Waals surface area contributed by atoms with Crippen LogP contribution in [0.4, 0.5) is 5.82 Å². The standard InChI is InChI=1S/C15H21N3/c1-15(2,3)18-11-17-13(14(18)16)10-9-12-7-5-4-6-8-12/h4-8,11H,9-10,16H2,1-3H3. The van der Waals surface area contributed by atoms with Gasteiger partial charge in [-0.25, -0.2) is 4.98 Å². The molecule has 0 amide bonds. The summed E-state index contributed by atoms with van der Waals surface area (Å²) < 4.78 is 2.04. The van der Waals surface area contributed by atoms with Crippen LogP contribution in [0.15, 0.2) is 36.7 Å². The first-order valence-corrected chi connectivity index (χ1v) is 6.34. The first-order chi connectivity index (χ1) is 8.48. The molecular weight excluding hydrogens is 222 g/mol. The summed E-state index contributed by atoms with van der Waals surface area (Å²) in [7, 11) is 0. The van der Waals surface area contributed by atoms with E-state index in [1.54, 1.807) is 0 Å². The quantitative estimate of drug-likeness (QED) is 0.900. The summed E-state index contributed by atoms with van der Waals surface area (Å²) in [5.41, 5.74) is 8.46. The van der Waals surface area contributed by atoms with E-state index in [-0.39, 0.29) is 5.54 Å². The Hall–Kier alpha value is -1.77. The summed E-state index contributed by atoms with van der Waals surface area (Å²) in [5.74, 6) is 0.790. The summed E-state index contributed by atoms with van der Waals surface area (Å²) in [5, 5.41) is 0. The fourth-order valence-corrected chi connectivity index (χ4v) is 2.03. The van der Waals surface area contributed by atoms with Crippen molar-refractivity contribution in [1.82, 2.24) is 9.55 Å². The average Bonchev–Trinajstić information content (AvgIpc) is 2.69. The molecule has 2 rings (SSSR count). The average molecular weight is 243 g/mol. The summed E-state index contributed by atoms with van der Waals surface area (Å²) in [4.78, 5) is 4.44. The van der Waals surface area contributed by atoms with E-state index in [4.69, 9.17) is 5.73 Å². The number of nitrogen functional groups attached to an aromatic ring is 1. The molecule has 0 atom stereocenters. The number of nitrogens with zero attached hydrogens (tertiary/aromatic N) is 2. The molecule has 0 radical (unpaired) electrons. The molecule has 3 nitrogen and oxygen atoms in total. The van der Waals surface area contributed by atoms with Crippen molar-refractivity contribution in [1.29, 1.82) is 0 Å². The van der Waals surface area contributed by atoms with Crippen LogP contribution in [0.1, 0.15) is 32.0 Å². The summed E-state index contributed by atoms with van der Waals surface area (Å²) >= 11 is 0. The highest BCUT2D eigenvalue weighted by Gasteiger charge is 2.18. The SMILES string of the molecule is CC(C)(C)n1cnc(CCc2ccccc2)c1N. The number of rotatable bonds is 3. The van der Waals surface area contributed by atoms with Crippen LogP contribution in [-0.2, 0) is 18.4 Å². The Balaban J connectivity index is 2.10. The zero-order chi connectivity index (χ0) is 13.2. The van der Waals surface area contributed by atoms with Gasteiger partial charge in [-0.1, -0.05) is 30.3 Å². The number of hydrogen-bond acceptors (Lipinski definition) is 2. The summed E-state index contributed by atoms with van der Waals surface area (Å²) in [6.45, 7) is 6.39. The topological polar surface area (TPSA) is 43.8 Å². The van der Waals surface area contributed by atoms with Gasteiger partial charge in [-0.2, -0.15) is 0 Å². The fraction of sp³-hybridized carbons (Fsp3) is 0.400. The summed E-state index contributed by atoms with van der Waals surface area (Å²) in [6.07, 6.45) is 3.71. The van der Waals surface area contributed by atoms with Crippen molar-refractivity contribution >= 4 is 5.82 Å². The lowest BCUT2D eigenvalue weighted by atomic mass is 10.1. The molecule has 2 aromatic rings. The molecule has 0 aliphatic heterocycles. The van der Waals surface area contributed by atoms with Crippen LogP contribution in [-0.4, -0.2) is 9.55 Å². The third kappa shape index (κ3) is 2.73. The highest BCUT2D eigenvalue weighted by molar-refractivity contribution is 5.37. The number of aryl methyl sites for hydroxylation is 2. The highest BCUT2D eigenvalue weighted by Crippen LogP contribution is 2.22. The van der Waals surface area contributed by atoms with Gasteiger partial charge in [0.15, 0.2) is 0 Å². The second kappa shape index (κ2) is 4.84. The lowest BCUT2D eigenvalue weighted by Gasteiger charge is -2.22. The van der Waals surface area contributed by atoms with Gasteiger partial charge in [-0.05, 0) is 39.2 Å². The van der Waals surface area contributed by atoms with E-state index in [1.807, 2.05) is 17.0 Å². The van der Waals surface area contributed by atoms with Crippen LogP contribution in [0, 0.1) is 0 Å². The van der Waals surface area contributed by atoms with Gasteiger partial charge in [-0.3, -0.25) is 0 Å². The maximum absolute atomic E-state index is 6.15. The lowest BCUT2D eigenvalue weighted by molar-refractivity contribution is 0.402. The second-order valence-corrected chi connectivity index (χ2v) is 5.60. The number of imidazole rings is 1. The number of benzene rings is 1. The van der Waals surface area contributed by atoms with E-state index in [9.17, 15) is 0 Å². The Kier molecular flexibility index (Phi) is 3.41. The maximum atomic E-state index is 6.15. The van der Waals surface area contributed by atoms with Crippen molar-refractivity contribution in [2.75, 3.05) is 5.73 Å². The zero-order valence-electron chi connectivity index (χ0n) is 11.4. The molecule has 0 unspecified atom stereocenters. The number of hydrogen-bond donors (Lipinski definition) is 1. The molecule has 0 bridgehead atoms. The van der Waals surface area contributed by atoms with Gasteiger partial charge in [0, 0.05) is 5.54 Å².